The zero-order chi connectivity index (χ0) is 18.5. The summed E-state index contributed by atoms with van der Waals surface area (Å²) in [5.41, 5.74) is 2.27. The number of aromatic nitrogens is 4. The number of aryl methyl sites for hydroxylation is 1. The molecule has 0 saturated heterocycles. The van der Waals surface area contributed by atoms with Gasteiger partial charge in [0.05, 0.1) is 17.8 Å². The van der Waals surface area contributed by atoms with Gasteiger partial charge in [-0.25, -0.2) is 4.68 Å². The molecule has 2 aromatic heterocycles. The van der Waals surface area contributed by atoms with Crippen LogP contribution in [-0.2, 0) is 4.79 Å². The molecule has 6 nitrogen and oxygen atoms in total. The number of thiophene rings is 1. The second kappa shape index (κ2) is 8.46. The van der Waals surface area contributed by atoms with Crippen LogP contribution in [-0.4, -0.2) is 31.9 Å². The molecule has 0 bridgehead atoms. The average Bonchev–Trinajstić information content (AvgIpc) is 3.30. The van der Waals surface area contributed by atoms with Gasteiger partial charge < -0.3 is 5.32 Å². The van der Waals surface area contributed by atoms with Crippen molar-refractivity contribution in [3.05, 3.63) is 57.8 Å². The number of tetrazole rings is 1. The Morgan fingerprint density at radius 1 is 1.27 bits per heavy atom. The largest absolute Gasteiger partial charge is 0.344 e. The summed E-state index contributed by atoms with van der Waals surface area (Å²) < 4.78 is 1.72. The number of rotatable bonds is 7. The first-order valence-electron chi connectivity index (χ1n) is 8.34. The summed E-state index contributed by atoms with van der Waals surface area (Å²) in [7, 11) is 0. The maximum Gasteiger partial charge on any atom is 0.231 e. The average molecular weight is 388 g/mol. The Hall–Kier alpha value is -2.19. The molecule has 1 N–H and O–H groups in total. The highest BCUT2D eigenvalue weighted by Crippen LogP contribution is 2.27. The van der Waals surface area contributed by atoms with E-state index in [9.17, 15) is 4.79 Å². The lowest BCUT2D eigenvalue weighted by atomic mass is 10.0. The van der Waals surface area contributed by atoms with Crippen LogP contribution in [0.4, 0.5) is 0 Å². The van der Waals surface area contributed by atoms with Gasteiger partial charge in [0.25, 0.3) is 0 Å². The van der Waals surface area contributed by atoms with Crippen LogP contribution in [0.1, 0.15) is 41.9 Å². The highest BCUT2D eigenvalue weighted by Gasteiger charge is 2.19. The van der Waals surface area contributed by atoms with Crippen LogP contribution in [0, 0.1) is 6.92 Å². The van der Waals surface area contributed by atoms with Gasteiger partial charge in [-0.05, 0) is 48.2 Å². The van der Waals surface area contributed by atoms with Crippen molar-refractivity contribution in [1.29, 1.82) is 0 Å². The van der Waals surface area contributed by atoms with E-state index in [1.165, 1.54) is 17.3 Å². The topological polar surface area (TPSA) is 72.7 Å². The predicted octanol–water partition coefficient (Wildman–Crippen LogP) is 3.62. The summed E-state index contributed by atoms with van der Waals surface area (Å²) in [4.78, 5) is 13.7. The molecule has 0 aliphatic carbocycles. The van der Waals surface area contributed by atoms with E-state index in [2.05, 4.69) is 52.0 Å². The maximum absolute atomic E-state index is 12.6. The molecule has 1 amide bonds. The predicted molar refractivity (Wildman–Crippen MR) is 104 cm³/mol. The van der Waals surface area contributed by atoms with Crippen molar-refractivity contribution in [3.63, 3.8) is 0 Å². The first-order chi connectivity index (χ1) is 12.5. The van der Waals surface area contributed by atoms with Crippen LogP contribution < -0.4 is 5.32 Å². The minimum Gasteiger partial charge on any atom is -0.344 e. The Kier molecular flexibility index (Phi) is 6.05. The molecule has 3 aromatic rings. The third-order valence-corrected chi connectivity index (χ3v) is 5.70. The Labute approximate surface area is 161 Å². The zero-order valence-electron chi connectivity index (χ0n) is 14.9. The fourth-order valence-corrected chi connectivity index (χ4v) is 4.09. The summed E-state index contributed by atoms with van der Waals surface area (Å²) in [6.45, 7) is 6.06. The molecule has 0 fully saturated rings. The summed E-state index contributed by atoms with van der Waals surface area (Å²) in [5.74, 6) is 0.216. The van der Waals surface area contributed by atoms with E-state index in [4.69, 9.17) is 0 Å². The van der Waals surface area contributed by atoms with Gasteiger partial charge in [-0.2, -0.15) is 0 Å². The van der Waals surface area contributed by atoms with Crippen molar-refractivity contribution in [2.45, 2.75) is 38.0 Å². The number of carbonyl (C=O) groups excluding carboxylic acids is 1. The molecule has 1 aromatic carbocycles. The Bertz CT molecular complexity index is 843. The third kappa shape index (κ3) is 4.50. The number of hydrogen-bond acceptors (Lipinski definition) is 6. The SMILES string of the molecule is Cc1ccc(C(NC(=O)CSc2nnnn2C(C)C)c2cccs2)cc1. The lowest BCUT2D eigenvalue weighted by molar-refractivity contribution is -0.119. The molecule has 3 rings (SSSR count). The molecule has 136 valence electrons. The monoisotopic (exact) mass is 387 g/mol. The normalized spacial score (nSPS) is 12.3. The second-order valence-electron chi connectivity index (χ2n) is 6.22. The molecule has 0 aliphatic heterocycles. The van der Waals surface area contributed by atoms with Crippen LogP contribution >= 0.6 is 23.1 Å². The Morgan fingerprint density at radius 3 is 2.69 bits per heavy atom. The fraction of sp³-hybridized carbons (Fsp3) is 0.333. The van der Waals surface area contributed by atoms with E-state index in [-0.39, 0.29) is 23.7 Å². The van der Waals surface area contributed by atoms with Gasteiger partial charge in [-0.1, -0.05) is 47.7 Å². The van der Waals surface area contributed by atoms with E-state index in [0.29, 0.717) is 5.16 Å². The third-order valence-electron chi connectivity index (χ3n) is 3.83. The molecule has 0 aliphatic rings. The second-order valence-corrected chi connectivity index (χ2v) is 8.14. The summed E-state index contributed by atoms with van der Waals surface area (Å²) >= 11 is 2.98. The van der Waals surface area contributed by atoms with Crippen molar-refractivity contribution in [3.8, 4) is 0 Å². The van der Waals surface area contributed by atoms with Crippen molar-refractivity contribution >= 4 is 29.0 Å². The molecule has 2 heterocycles. The van der Waals surface area contributed by atoms with Crippen LogP contribution in [0.2, 0.25) is 0 Å². The number of benzene rings is 1. The van der Waals surface area contributed by atoms with Crippen LogP contribution in [0.3, 0.4) is 0 Å². The molecule has 1 unspecified atom stereocenters. The molecule has 1 atom stereocenters. The molecular formula is C18H21N5OS2. The van der Waals surface area contributed by atoms with Gasteiger partial charge >= 0.3 is 0 Å². The van der Waals surface area contributed by atoms with Gasteiger partial charge in [0.15, 0.2) is 0 Å². The van der Waals surface area contributed by atoms with E-state index in [1.807, 2.05) is 31.4 Å². The smallest absolute Gasteiger partial charge is 0.231 e. The number of carbonyl (C=O) groups is 1. The van der Waals surface area contributed by atoms with Gasteiger partial charge in [0, 0.05) is 4.88 Å². The van der Waals surface area contributed by atoms with Gasteiger partial charge in [-0.15, -0.1) is 16.4 Å². The number of amides is 1. The lowest BCUT2D eigenvalue weighted by Gasteiger charge is -2.18. The zero-order valence-corrected chi connectivity index (χ0v) is 16.5. The van der Waals surface area contributed by atoms with Gasteiger partial charge in [-0.3, -0.25) is 4.79 Å². The van der Waals surface area contributed by atoms with E-state index in [0.717, 1.165) is 10.4 Å². The van der Waals surface area contributed by atoms with Crippen LogP contribution in [0.15, 0.2) is 46.9 Å². The molecular weight excluding hydrogens is 366 g/mol. The highest BCUT2D eigenvalue weighted by molar-refractivity contribution is 7.99. The number of hydrogen-bond donors (Lipinski definition) is 1. The van der Waals surface area contributed by atoms with Crippen LogP contribution in [0.25, 0.3) is 0 Å². The van der Waals surface area contributed by atoms with Crippen molar-refractivity contribution in [1.82, 2.24) is 25.5 Å². The van der Waals surface area contributed by atoms with E-state index >= 15 is 0 Å². The van der Waals surface area contributed by atoms with E-state index < -0.39 is 0 Å². The molecule has 26 heavy (non-hydrogen) atoms. The van der Waals surface area contributed by atoms with Gasteiger partial charge in [0.1, 0.15) is 0 Å². The minimum absolute atomic E-state index is 0.0488. The molecule has 0 saturated carbocycles. The highest BCUT2D eigenvalue weighted by atomic mass is 32.2. The molecule has 0 radical (unpaired) electrons. The minimum atomic E-state index is -0.148. The quantitative estimate of drug-likeness (QED) is 0.627. The summed E-state index contributed by atoms with van der Waals surface area (Å²) in [5, 5.41) is 17.5. The van der Waals surface area contributed by atoms with E-state index in [1.54, 1.807) is 16.0 Å². The Morgan fingerprint density at radius 2 is 2.04 bits per heavy atom. The van der Waals surface area contributed by atoms with Crippen LogP contribution in [0.5, 0.6) is 0 Å². The van der Waals surface area contributed by atoms with Crippen molar-refractivity contribution in [2.24, 2.45) is 0 Å². The number of nitrogens with one attached hydrogen (secondary N) is 1. The number of nitrogens with zero attached hydrogens (tertiary/aromatic N) is 4. The summed E-state index contributed by atoms with van der Waals surface area (Å²) in [6, 6.07) is 12.3. The summed E-state index contributed by atoms with van der Waals surface area (Å²) in [6.07, 6.45) is 0. The van der Waals surface area contributed by atoms with Crippen molar-refractivity contribution < 1.29 is 4.79 Å². The van der Waals surface area contributed by atoms with Gasteiger partial charge in [0.2, 0.25) is 11.1 Å². The first-order valence-corrected chi connectivity index (χ1v) is 10.2. The maximum atomic E-state index is 12.6. The Balaban J connectivity index is 1.69. The lowest BCUT2D eigenvalue weighted by Crippen LogP contribution is -2.30. The molecule has 8 heteroatoms. The molecule has 0 spiro atoms. The fourth-order valence-electron chi connectivity index (χ4n) is 2.47. The standard InChI is InChI=1S/C18H21N5OS2/c1-12(2)23-18(20-21-22-23)26-11-16(24)19-17(15-5-4-10-25-15)14-8-6-13(3)7-9-14/h4-10,12,17H,11H2,1-3H3,(H,19,24). The first kappa shape index (κ1) is 18.6. The number of thioether (sulfide) groups is 1. The van der Waals surface area contributed by atoms with Crippen molar-refractivity contribution in [2.75, 3.05) is 5.75 Å².